The number of hydrogen-bond donors (Lipinski definition) is 2. The molecule has 2 heterocycles. The topological polar surface area (TPSA) is 84.7 Å². The Morgan fingerprint density at radius 3 is 3.00 bits per heavy atom. The maximum atomic E-state index is 12.2. The fraction of sp³-hybridized carbons (Fsp3) is 0.429. The third-order valence-corrected chi connectivity index (χ3v) is 3.69. The molecule has 0 radical (unpaired) electrons. The summed E-state index contributed by atoms with van der Waals surface area (Å²) in [6.07, 6.45) is 4.69. The van der Waals surface area contributed by atoms with Crippen molar-refractivity contribution >= 4 is 11.6 Å². The Morgan fingerprint density at radius 2 is 2.33 bits per heavy atom. The number of hydrogen-bond acceptors (Lipinski definition) is 5. The Bertz CT molecular complexity index is 618. The third kappa shape index (κ3) is 3.08. The molecule has 110 valence electrons. The van der Waals surface area contributed by atoms with Gasteiger partial charge in [0.2, 0.25) is 5.91 Å². The van der Waals surface area contributed by atoms with Crippen molar-refractivity contribution in [2.24, 2.45) is 0 Å². The first-order valence-electron chi connectivity index (χ1n) is 7.12. The second kappa shape index (κ2) is 6.01. The molecule has 1 aliphatic heterocycles. The number of carbonyl (C=O) groups excluding carboxylic acids is 1. The average molecular weight is 286 g/mol. The fourth-order valence-electron chi connectivity index (χ4n) is 2.57. The minimum Gasteiger partial charge on any atom is -0.325 e. The smallest absolute Gasteiger partial charge is 0.241 e. The first-order chi connectivity index (χ1) is 10.2. The number of aromatic nitrogens is 4. The molecule has 1 aromatic heterocycles. The van der Waals surface area contributed by atoms with Gasteiger partial charge >= 0.3 is 0 Å². The average Bonchev–Trinajstić information content (AvgIpc) is 3.02. The molecule has 0 bridgehead atoms. The summed E-state index contributed by atoms with van der Waals surface area (Å²) in [6.45, 7) is 2.88. The molecule has 0 saturated carbocycles. The first-order valence-corrected chi connectivity index (χ1v) is 7.12. The lowest BCUT2D eigenvalue weighted by molar-refractivity contribution is -0.118. The molecule has 0 spiro atoms. The molecular weight excluding hydrogens is 268 g/mol. The first kappa shape index (κ1) is 13.7. The summed E-state index contributed by atoms with van der Waals surface area (Å²) in [7, 11) is 0. The van der Waals surface area contributed by atoms with Crippen molar-refractivity contribution in [2.45, 2.75) is 32.2 Å². The highest BCUT2D eigenvalue weighted by molar-refractivity contribution is 5.95. The summed E-state index contributed by atoms with van der Waals surface area (Å²) in [6, 6.07) is 5.61. The van der Waals surface area contributed by atoms with Crippen molar-refractivity contribution in [3.8, 4) is 5.69 Å². The van der Waals surface area contributed by atoms with Crippen molar-refractivity contribution in [1.29, 1.82) is 0 Å². The number of anilines is 1. The third-order valence-electron chi connectivity index (χ3n) is 3.69. The number of tetrazole rings is 1. The van der Waals surface area contributed by atoms with Crippen LogP contribution in [-0.2, 0) is 4.79 Å². The van der Waals surface area contributed by atoms with Gasteiger partial charge in [-0.05, 0) is 60.5 Å². The molecule has 1 atom stereocenters. The lowest BCUT2D eigenvalue weighted by atomic mass is 10.0. The zero-order valence-corrected chi connectivity index (χ0v) is 11.9. The maximum absolute atomic E-state index is 12.2. The largest absolute Gasteiger partial charge is 0.325 e. The molecule has 2 N–H and O–H groups in total. The fourth-order valence-corrected chi connectivity index (χ4v) is 2.57. The molecule has 1 fully saturated rings. The van der Waals surface area contributed by atoms with Gasteiger partial charge in [0.05, 0.1) is 11.7 Å². The van der Waals surface area contributed by atoms with Crippen LogP contribution in [0.4, 0.5) is 5.69 Å². The Balaban J connectivity index is 1.72. The predicted molar refractivity (Wildman–Crippen MR) is 78.2 cm³/mol. The van der Waals surface area contributed by atoms with Gasteiger partial charge in [-0.3, -0.25) is 4.79 Å². The maximum Gasteiger partial charge on any atom is 0.241 e. The van der Waals surface area contributed by atoms with Gasteiger partial charge in [0.15, 0.2) is 0 Å². The van der Waals surface area contributed by atoms with Crippen molar-refractivity contribution in [3.63, 3.8) is 0 Å². The van der Waals surface area contributed by atoms with Gasteiger partial charge in [0.1, 0.15) is 6.33 Å². The zero-order chi connectivity index (χ0) is 14.7. The molecule has 0 unspecified atom stereocenters. The normalized spacial score (nSPS) is 18.4. The van der Waals surface area contributed by atoms with E-state index in [0.717, 1.165) is 42.7 Å². The van der Waals surface area contributed by atoms with Crippen LogP contribution >= 0.6 is 0 Å². The highest BCUT2D eigenvalue weighted by atomic mass is 16.2. The number of nitrogens with zero attached hydrogens (tertiary/aromatic N) is 4. The molecule has 7 heteroatoms. The number of nitrogens with one attached hydrogen (secondary N) is 2. The van der Waals surface area contributed by atoms with E-state index in [0.29, 0.717) is 0 Å². The van der Waals surface area contributed by atoms with Gasteiger partial charge in [-0.25, -0.2) is 4.68 Å². The van der Waals surface area contributed by atoms with E-state index in [9.17, 15) is 4.79 Å². The summed E-state index contributed by atoms with van der Waals surface area (Å²) in [4.78, 5) is 12.2. The molecule has 1 saturated heterocycles. The van der Waals surface area contributed by atoms with E-state index in [1.807, 2.05) is 25.1 Å². The number of carbonyl (C=O) groups is 1. The summed E-state index contributed by atoms with van der Waals surface area (Å²) in [5, 5.41) is 17.3. The minimum atomic E-state index is -0.0850. The Morgan fingerprint density at radius 1 is 1.43 bits per heavy atom. The SMILES string of the molecule is Cc1cc(NC(=O)[C@@H]2CCCCN2)ccc1-n1cnnn1. The number of aryl methyl sites for hydroxylation is 1. The van der Waals surface area contributed by atoms with Crippen LogP contribution in [0.25, 0.3) is 5.69 Å². The van der Waals surface area contributed by atoms with Gasteiger partial charge in [0, 0.05) is 5.69 Å². The highest BCUT2D eigenvalue weighted by Gasteiger charge is 2.20. The van der Waals surface area contributed by atoms with Crippen LogP contribution in [0.3, 0.4) is 0 Å². The van der Waals surface area contributed by atoms with Gasteiger partial charge < -0.3 is 10.6 Å². The van der Waals surface area contributed by atoms with E-state index in [4.69, 9.17) is 0 Å². The molecular formula is C14H18N6O. The number of piperidine rings is 1. The van der Waals surface area contributed by atoms with E-state index in [1.165, 1.54) is 0 Å². The summed E-state index contributed by atoms with van der Waals surface area (Å²) in [5.41, 5.74) is 2.69. The van der Waals surface area contributed by atoms with E-state index in [1.54, 1.807) is 11.0 Å². The molecule has 2 aromatic rings. The van der Waals surface area contributed by atoms with Crippen molar-refractivity contribution in [3.05, 3.63) is 30.1 Å². The van der Waals surface area contributed by atoms with Crippen LogP contribution in [0.1, 0.15) is 24.8 Å². The number of benzene rings is 1. The van der Waals surface area contributed by atoms with Crippen molar-refractivity contribution in [1.82, 2.24) is 25.5 Å². The van der Waals surface area contributed by atoms with E-state index in [-0.39, 0.29) is 11.9 Å². The van der Waals surface area contributed by atoms with Gasteiger partial charge in [-0.15, -0.1) is 5.10 Å². The second-order valence-corrected chi connectivity index (χ2v) is 5.25. The lowest BCUT2D eigenvalue weighted by Crippen LogP contribution is -2.43. The monoisotopic (exact) mass is 286 g/mol. The van der Waals surface area contributed by atoms with Crippen LogP contribution in [0.15, 0.2) is 24.5 Å². The lowest BCUT2D eigenvalue weighted by Gasteiger charge is -2.22. The van der Waals surface area contributed by atoms with Gasteiger partial charge in [-0.1, -0.05) is 6.42 Å². The second-order valence-electron chi connectivity index (χ2n) is 5.25. The number of rotatable bonds is 3. The standard InChI is InChI=1S/C14H18N6O/c1-10-8-11(5-6-13(10)20-9-16-18-19-20)17-14(21)12-4-2-3-7-15-12/h5-6,8-9,12,15H,2-4,7H2,1H3,(H,17,21)/t12-/m0/s1. The number of amides is 1. The van der Waals surface area contributed by atoms with Crippen LogP contribution < -0.4 is 10.6 Å². The molecule has 0 aliphatic carbocycles. The highest BCUT2D eigenvalue weighted by Crippen LogP contribution is 2.18. The molecule has 21 heavy (non-hydrogen) atoms. The van der Waals surface area contributed by atoms with Crippen molar-refractivity contribution in [2.75, 3.05) is 11.9 Å². The van der Waals surface area contributed by atoms with Crippen LogP contribution in [-0.4, -0.2) is 38.7 Å². The van der Waals surface area contributed by atoms with E-state index in [2.05, 4.69) is 26.2 Å². The minimum absolute atomic E-state index is 0.0317. The Hall–Kier alpha value is -2.28. The molecule has 1 aliphatic rings. The summed E-state index contributed by atoms with van der Waals surface area (Å²) < 4.78 is 1.60. The quantitative estimate of drug-likeness (QED) is 0.881. The van der Waals surface area contributed by atoms with Crippen molar-refractivity contribution < 1.29 is 4.79 Å². The van der Waals surface area contributed by atoms with Crippen LogP contribution in [0, 0.1) is 6.92 Å². The van der Waals surface area contributed by atoms with E-state index >= 15 is 0 Å². The van der Waals surface area contributed by atoms with Crippen LogP contribution in [0.5, 0.6) is 0 Å². The summed E-state index contributed by atoms with van der Waals surface area (Å²) >= 11 is 0. The Kier molecular flexibility index (Phi) is 3.92. The van der Waals surface area contributed by atoms with Gasteiger partial charge in [0.25, 0.3) is 0 Å². The van der Waals surface area contributed by atoms with Crippen LogP contribution in [0.2, 0.25) is 0 Å². The summed E-state index contributed by atoms with van der Waals surface area (Å²) in [5.74, 6) is 0.0317. The Labute approximate surface area is 122 Å². The molecule has 1 amide bonds. The molecule has 7 nitrogen and oxygen atoms in total. The predicted octanol–water partition coefficient (Wildman–Crippen LogP) is 1.05. The van der Waals surface area contributed by atoms with Gasteiger partial charge in [-0.2, -0.15) is 0 Å². The van der Waals surface area contributed by atoms with E-state index < -0.39 is 0 Å². The zero-order valence-electron chi connectivity index (χ0n) is 11.9. The molecule has 3 rings (SSSR count). The molecule has 1 aromatic carbocycles.